The highest BCUT2D eigenvalue weighted by Crippen LogP contribution is 2.17. The maximum atomic E-state index is 13.9. The third kappa shape index (κ3) is 1.87. The van der Waals surface area contributed by atoms with Crippen molar-refractivity contribution in [3.8, 4) is 0 Å². The van der Waals surface area contributed by atoms with Crippen LogP contribution in [0.3, 0.4) is 0 Å². The van der Waals surface area contributed by atoms with Gasteiger partial charge in [0.2, 0.25) is 0 Å². The molecule has 3 rings (SSSR count). The summed E-state index contributed by atoms with van der Waals surface area (Å²) in [5, 5.41) is 3.46. The van der Waals surface area contributed by atoms with Crippen molar-refractivity contribution in [2.24, 2.45) is 7.05 Å². The number of nitrogens with zero attached hydrogens (tertiary/aromatic N) is 2. The van der Waals surface area contributed by atoms with Gasteiger partial charge in [-0.2, -0.15) is 0 Å². The van der Waals surface area contributed by atoms with Gasteiger partial charge in [0.15, 0.2) is 0 Å². The zero-order valence-corrected chi connectivity index (χ0v) is 11.2. The van der Waals surface area contributed by atoms with Gasteiger partial charge in [0, 0.05) is 13.1 Å². The Bertz CT molecular complexity index is 772. The van der Waals surface area contributed by atoms with E-state index in [-0.39, 0.29) is 16.9 Å². The van der Waals surface area contributed by atoms with Gasteiger partial charge < -0.3 is 5.32 Å². The van der Waals surface area contributed by atoms with E-state index in [4.69, 9.17) is 0 Å². The fourth-order valence-electron chi connectivity index (χ4n) is 2.89. The zero-order chi connectivity index (χ0) is 14.3. The third-order valence-electron chi connectivity index (χ3n) is 3.94. The molecule has 0 amide bonds. The molecular formula is C14H16FN3O2. The number of aromatic nitrogens is 2. The van der Waals surface area contributed by atoms with E-state index in [2.05, 4.69) is 5.32 Å². The number of piperidine rings is 1. The molecule has 0 spiro atoms. The lowest BCUT2D eigenvalue weighted by Crippen LogP contribution is -2.44. The number of halogens is 1. The van der Waals surface area contributed by atoms with E-state index in [1.54, 1.807) is 6.07 Å². The van der Waals surface area contributed by atoms with E-state index < -0.39 is 17.1 Å². The molecule has 1 fully saturated rings. The van der Waals surface area contributed by atoms with Crippen molar-refractivity contribution in [3.63, 3.8) is 0 Å². The van der Waals surface area contributed by atoms with Gasteiger partial charge in [-0.25, -0.2) is 9.18 Å². The number of benzene rings is 1. The molecule has 0 bridgehead atoms. The number of aryl methyl sites for hydroxylation is 1. The Labute approximate surface area is 114 Å². The Morgan fingerprint density at radius 1 is 1.25 bits per heavy atom. The van der Waals surface area contributed by atoms with E-state index in [1.165, 1.54) is 28.3 Å². The van der Waals surface area contributed by atoms with Crippen molar-refractivity contribution in [2.75, 3.05) is 13.1 Å². The van der Waals surface area contributed by atoms with Crippen LogP contribution in [0.15, 0.2) is 27.8 Å². The average molecular weight is 277 g/mol. The molecule has 0 radical (unpaired) electrons. The number of rotatable bonds is 1. The molecule has 0 atom stereocenters. The molecule has 1 aromatic carbocycles. The van der Waals surface area contributed by atoms with E-state index in [9.17, 15) is 14.0 Å². The van der Waals surface area contributed by atoms with Crippen LogP contribution in [0.5, 0.6) is 0 Å². The Balaban J connectivity index is 2.34. The average Bonchev–Trinajstić information content (AvgIpc) is 2.46. The Kier molecular flexibility index (Phi) is 3.17. The van der Waals surface area contributed by atoms with Crippen molar-refractivity contribution in [1.82, 2.24) is 14.5 Å². The van der Waals surface area contributed by atoms with Crippen LogP contribution in [0.25, 0.3) is 10.9 Å². The van der Waals surface area contributed by atoms with Crippen LogP contribution in [0.4, 0.5) is 4.39 Å². The summed E-state index contributed by atoms with van der Waals surface area (Å²) in [7, 11) is 1.50. The zero-order valence-electron chi connectivity index (χ0n) is 11.2. The van der Waals surface area contributed by atoms with Gasteiger partial charge >= 0.3 is 5.69 Å². The monoisotopic (exact) mass is 277 g/mol. The summed E-state index contributed by atoms with van der Waals surface area (Å²) in [6, 6.07) is 4.21. The number of fused-ring (bicyclic) bond motifs is 1. The third-order valence-corrected chi connectivity index (χ3v) is 3.94. The normalized spacial score (nSPS) is 16.7. The summed E-state index contributed by atoms with van der Waals surface area (Å²) in [5.41, 5.74) is -0.762. The highest BCUT2D eigenvalue weighted by atomic mass is 19.1. The number of nitrogens with one attached hydrogen (secondary N) is 1. The molecule has 20 heavy (non-hydrogen) atoms. The van der Waals surface area contributed by atoms with Crippen molar-refractivity contribution in [2.45, 2.75) is 18.9 Å². The van der Waals surface area contributed by atoms with Crippen LogP contribution in [0, 0.1) is 5.82 Å². The molecule has 1 N–H and O–H groups in total. The quantitative estimate of drug-likeness (QED) is 0.837. The van der Waals surface area contributed by atoms with E-state index in [1.807, 2.05) is 0 Å². The molecule has 5 nitrogen and oxygen atoms in total. The molecule has 0 unspecified atom stereocenters. The maximum absolute atomic E-state index is 13.9. The lowest BCUT2D eigenvalue weighted by Gasteiger charge is -2.24. The van der Waals surface area contributed by atoms with E-state index >= 15 is 0 Å². The van der Waals surface area contributed by atoms with Crippen LogP contribution >= 0.6 is 0 Å². The first-order valence-electron chi connectivity index (χ1n) is 6.71. The van der Waals surface area contributed by atoms with Gasteiger partial charge in [-0.15, -0.1) is 0 Å². The van der Waals surface area contributed by atoms with Crippen LogP contribution in [-0.4, -0.2) is 22.2 Å². The van der Waals surface area contributed by atoms with Gasteiger partial charge in [-0.05, 0) is 38.1 Å². The second kappa shape index (κ2) is 4.86. The van der Waals surface area contributed by atoms with Crippen molar-refractivity contribution in [1.29, 1.82) is 0 Å². The Morgan fingerprint density at radius 3 is 2.65 bits per heavy atom. The van der Waals surface area contributed by atoms with Gasteiger partial charge in [-0.3, -0.25) is 13.9 Å². The summed E-state index contributed by atoms with van der Waals surface area (Å²) >= 11 is 0. The lowest BCUT2D eigenvalue weighted by atomic mass is 10.1. The predicted molar refractivity (Wildman–Crippen MR) is 74.5 cm³/mol. The Morgan fingerprint density at radius 2 is 1.95 bits per heavy atom. The first-order chi connectivity index (χ1) is 9.61. The number of hydrogen-bond donors (Lipinski definition) is 1. The highest BCUT2D eigenvalue weighted by Gasteiger charge is 2.22. The minimum atomic E-state index is -0.545. The first kappa shape index (κ1) is 13.1. The van der Waals surface area contributed by atoms with Crippen LogP contribution in [0.1, 0.15) is 18.9 Å². The van der Waals surface area contributed by atoms with Gasteiger partial charge in [0.05, 0.1) is 10.9 Å². The Hall–Kier alpha value is -1.95. The van der Waals surface area contributed by atoms with Gasteiger partial charge in [0.25, 0.3) is 5.56 Å². The second-order valence-corrected chi connectivity index (χ2v) is 5.13. The molecule has 106 valence electrons. The molecule has 6 heteroatoms. The van der Waals surface area contributed by atoms with Crippen molar-refractivity contribution >= 4 is 10.9 Å². The summed E-state index contributed by atoms with van der Waals surface area (Å²) < 4.78 is 16.4. The van der Waals surface area contributed by atoms with Gasteiger partial charge in [-0.1, -0.05) is 6.07 Å². The van der Waals surface area contributed by atoms with Crippen LogP contribution in [0.2, 0.25) is 0 Å². The molecule has 1 aliphatic heterocycles. The van der Waals surface area contributed by atoms with Crippen molar-refractivity contribution in [3.05, 3.63) is 44.9 Å². The summed E-state index contributed by atoms with van der Waals surface area (Å²) in [6.45, 7) is 1.56. The molecule has 1 aliphatic rings. The van der Waals surface area contributed by atoms with Crippen molar-refractivity contribution < 1.29 is 4.39 Å². The second-order valence-electron chi connectivity index (χ2n) is 5.13. The first-order valence-corrected chi connectivity index (χ1v) is 6.71. The van der Waals surface area contributed by atoms with Crippen LogP contribution in [-0.2, 0) is 7.05 Å². The van der Waals surface area contributed by atoms with Gasteiger partial charge in [0.1, 0.15) is 5.82 Å². The smallest absolute Gasteiger partial charge is 0.317 e. The van der Waals surface area contributed by atoms with Crippen LogP contribution < -0.4 is 16.6 Å². The molecule has 1 saturated heterocycles. The summed E-state index contributed by atoms with van der Waals surface area (Å²) in [6.07, 6.45) is 1.46. The summed E-state index contributed by atoms with van der Waals surface area (Å²) in [4.78, 5) is 24.9. The largest absolute Gasteiger partial charge is 0.331 e. The minimum absolute atomic E-state index is 0.0766. The molecule has 2 aromatic rings. The lowest BCUT2D eigenvalue weighted by molar-refractivity contribution is 0.347. The molecule has 0 aliphatic carbocycles. The van der Waals surface area contributed by atoms with E-state index in [0.717, 1.165) is 25.9 Å². The maximum Gasteiger partial charge on any atom is 0.331 e. The SMILES string of the molecule is Cn1c(=O)n(C2CCNCC2)c(=O)c2cccc(F)c21. The fraction of sp³-hybridized carbons (Fsp3) is 0.429. The number of hydrogen-bond acceptors (Lipinski definition) is 3. The molecule has 0 saturated carbocycles. The molecule has 1 aromatic heterocycles. The number of para-hydroxylation sites is 1. The standard InChI is InChI=1S/C14H16FN3O2/c1-17-12-10(3-2-4-11(12)15)13(19)18(14(17)20)9-5-7-16-8-6-9/h2-4,9,16H,5-8H2,1H3. The highest BCUT2D eigenvalue weighted by molar-refractivity contribution is 5.78. The summed E-state index contributed by atoms with van der Waals surface area (Å²) in [5.74, 6) is -0.545. The molecular weight excluding hydrogens is 261 g/mol. The predicted octanol–water partition coefficient (Wildman–Crippen LogP) is 0.764. The topological polar surface area (TPSA) is 56.0 Å². The van der Waals surface area contributed by atoms with E-state index in [0.29, 0.717) is 0 Å². The minimum Gasteiger partial charge on any atom is -0.317 e. The molecule has 2 heterocycles. The fourth-order valence-corrected chi connectivity index (χ4v) is 2.89.